The van der Waals surface area contributed by atoms with Gasteiger partial charge in [-0.25, -0.2) is 0 Å². The van der Waals surface area contributed by atoms with Gasteiger partial charge in [0.15, 0.2) is 5.16 Å². The maximum absolute atomic E-state index is 12.2. The second-order valence-electron chi connectivity index (χ2n) is 5.82. The summed E-state index contributed by atoms with van der Waals surface area (Å²) in [7, 11) is 1.59. The summed E-state index contributed by atoms with van der Waals surface area (Å²) >= 11 is 1.34. The molecule has 0 atom stereocenters. The number of benzene rings is 2. The average molecular weight is 368 g/mol. The molecule has 0 radical (unpaired) electrons. The number of hydrogen-bond acceptors (Lipinski definition) is 5. The number of methoxy groups -OCH3 is 1. The smallest absolute Gasteiger partial charge is 0.234 e. The number of thioether (sulfide) groups is 1. The fourth-order valence-corrected chi connectivity index (χ4v) is 3.13. The summed E-state index contributed by atoms with van der Waals surface area (Å²) in [5.41, 5.74) is 4.11. The summed E-state index contributed by atoms with van der Waals surface area (Å²) in [6, 6.07) is 13.4. The third-order valence-corrected chi connectivity index (χ3v) is 4.91. The number of nitrogens with one attached hydrogen (secondary N) is 1. The monoisotopic (exact) mass is 368 g/mol. The van der Waals surface area contributed by atoms with Crippen LogP contribution in [0.25, 0.3) is 5.69 Å². The van der Waals surface area contributed by atoms with Gasteiger partial charge in [-0.3, -0.25) is 9.36 Å². The second-order valence-corrected chi connectivity index (χ2v) is 6.76. The lowest BCUT2D eigenvalue weighted by Crippen LogP contribution is -2.14. The molecule has 7 heteroatoms. The molecule has 1 heterocycles. The minimum Gasteiger partial charge on any atom is -0.497 e. The summed E-state index contributed by atoms with van der Waals surface area (Å²) < 4.78 is 7.04. The SMILES string of the molecule is COc1cccc(NC(=O)CSc2nncn2-c2ccc(C)c(C)c2)c1. The number of nitrogens with zero attached hydrogens (tertiary/aromatic N) is 3. The zero-order valence-electron chi connectivity index (χ0n) is 14.9. The van der Waals surface area contributed by atoms with Crippen LogP contribution in [-0.4, -0.2) is 33.5 Å². The highest BCUT2D eigenvalue weighted by molar-refractivity contribution is 7.99. The standard InChI is InChI=1S/C19H20N4O2S/c1-13-7-8-16(9-14(13)2)23-12-20-22-19(23)26-11-18(24)21-15-5-4-6-17(10-15)25-3/h4-10,12H,11H2,1-3H3,(H,21,24). The highest BCUT2D eigenvalue weighted by Gasteiger charge is 2.11. The second kappa shape index (κ2) is 8.05. The molecule has 134 valence electrons. The first-order valence-corrected chi connectivity index (χ1v) is 9.10. The van der Waals surface area contributed by atoms with Crippen molar-refractivity contribution in [3.63, 3.8) is 0 Å². The van der Waals surface area contributed by atoms with Gasteiger partial charge in [-0.1, -0.05) is 23.9 Å². The number of anilines is 1. The van der Waals surface area contributed by atoms with E-state index in [1.165, 1.54) is 22.9 Å². The highest BCUT2D eigenvalue weighted by atomic mass is 32.2. The Kier molecular flexibility index (Phi) is 5.58. The Labute approximate surface area is 156 Å². The first kappa shape index (κ1) is 18.0. The van der Waals surface area contributed by atoms with Crippen molar-refractivity contribution in [1.29, 1.82) is 0 Å². The summed E-state index contributed by atoms with van der Waals surface area (Å²) in [6.07, 6.45) is 1.66. The maximum Gasteiger partial charge on any atom is 0.234 e. The number of aryl methyl sites for hydroxylation is 2. The fourth-order valence-electron chi connectivity index (χ4n) is 2.40. The van der Waals surface area contributed by atoms with Crippen LogP contribution in [0.3, 0.4) is 0 Å². The van der Waals surface area contributed by atoms with Crippen molar-refractivity contribution >= 4 is 23.4 Å². The van der Waals surface area contributed by atoms with E-state index in [1.54, 1.807) is 19.5 Å². The number of amides is 1. The molecule has 0 unspecified atom stereocenters. The molecule has 0 aliphatic rings. The van der Waals surface area contributed by atoms with Gasteiger partial charge in [-0.2, -0.15) is 0 Å². The molecule has 1 aromatic heterocycles. The molecule has 0 aliphatic carbocycles. The average Bonchev–Trinajstić information content (AvgIpc) is 3.11. The van der Waals surface area contributed by atoms with Gasteiger partial charge in [0.25, 0.3) is 0 Å². The third kappa shape index (κ3) is 4.23. The predicted molar refractivity (Wildman–Crippen MR) is 103 cm³/mol. The van der Waals surface area contributed by atoms with E-state index >= 15 is 0 Å². The molecule has 1 N–H and O–H groups in total. The lowest BCUT2D eigenvalue weighted by Gasteiger charge is -2.09. The molecule has 3 rings (SSSR count). The quantitative estimate of drug-likeness (QED) is 0.673. The van der Waals surface area contributed by atoms with Gasteiger partial charge < -0.3 is 10.1 Å². The Balaban J connectivity index is 1.66. The summed E-state index contributed by atoms with van der Waals surface area (Å²) in [4.78, 5) is 12.2. The van der Waals surface area contributed by atoms with Crippen molar-refractivity contribution in [3.05, 3.63) is 59.9 Å². The first-order valence-electron chi connectivity index (χ1n) is 8.11. The van der Waals surface area contributed by atoms with Crippen molar-refractivity contribution < 1.29 is 9.53 Å². The summed E-state index contributed by atoms with van der Waals surface area (Å²) in [6.45, 7) is 4.14. The normalized spacial score (nSPS) is 10.6. The summed E-state index contributed by atoms with van der Waals surface area (Å²) in [5.74, 6) is 0.823. The minimum absolute atomic E-state index is 0.113. The molecular weight excluding hydrogens is 348 g/mol. The van der Waals surface area contributed by atoms with Crippen LogP contribution >= 0.6 is 11.8 Å². The Bertz CT molecular complexity index is 923. The lowest BCUT2D eigenvalue weighted by molar-refractivity contribution is -0.113. The third-order valence-electron chi connectivity index (χ3n) is 3.97. The molecule has 0 fully saturated rings. The molecule has 6 nitrogen and oxygen atoms in total. The van der Waals surface area contributed by atoms with Gasteiger partial charge in [0.1, 0.15) is 12.1 Å². The van der Waals surface area contributed by atoms with Crippen LogP contribution in [0.2, 0.25) is 0 Å². The summed E-state index contributed by atoms with van der Waals surface area (Å²) in [5, 5.41) is 11.6. The number of ether oxygens (including phenoxy) is 1. The molecule has 0 saturated heterocycles. The molecule has 0 spiro atoms. The van der Waals surface area contributed by atoms with Crippen molar-refractivity contribution in [2.45, 2.75) is 19.0 Å². The van der Waals surface area contributed by atoms with Crippen LogP contribution in [0.15, 0.2) is 53.9 Å². The molecule has 3 aromatic rings. The Morgan fingerprint density at radius 2 is 2.04 bits per heavy atom. The molecule has 26 heavy (non-hydrogen) atoms. The number of carbonyl (C=O) groups excluding carboxylic acids is 1. The maximum atomic E-state index is 12.2. The van der Waals surface area contributed by atoms with E-state index in [9.17, 15) is 4.79 Å². The van der Waals surface area contributed by atoms with Crippen molar-refractivity contribution in [3.8, 4) is 11.4 Å². The van der Waals surface area contributed by atoms with Gasteiger partial charge in [0, 0.05) is 17.4 Å². The Morgan fingerprint density at radius 3 is 2.81 bits per heavy atom. The van der Waals surface area contributed by atoms with Crippen LogP contribution < -0.4 is 10.1 Å². The van der Waals surface area contributed by atoms with Crippen molar-refractivity contribution in [2.75, 3.05) is 18.2 Å². The number of hydrogen-bond donors (Lipinski definition) is 1. The van der Waals surface area contributed by atoms with Crippen LogP contribution in [0.1, 0.15) is 11.1 Å². The predicted octanol–water partition coefficient (Wildman–Crippen LogP) is 3.62. The number of carbonyl (C=O) groups is 1. The van der Waals surface area contributed by atoms with Crippen molar-refractivity contribution in [1.82, 2.24) is 14.8 Å². The van der Waals surface area contributed by atoms with Gasteiger partial charge >= 0.3 is 0 Å². The van der Waals surface area contributed by atoms with Gasteiger partial charge in [0.2, 0.25) is 5.91 Å². The van der Waals surface area contributed by atoms with Crippen LogP contribution in [0, 0.1) is 13.8 Å². The first-order chi connectivity index (χ1) is 12.6. The van der Waals surface area contributed by atoms with Crippen LogP contribution in [0.5, 0.6) is 5.75 Å². The largest absolute Gasteiger partial charge is 0.497 e. The zero-order valence-corrected chi connectivity index (χ0v) is 15.7. The minimum atomic E-state index is -0.113. The lowest BCUT2D eigenvalue weighted by atomic mass is 10.1. The van der Waals surface area contributed by atoms with Gasteiger partial charge in [-0.05, 0) is 49.2 Å². The Hall–Kier alpha value is -2.80. The van der Waals surface area contributed by atoms with Crippen LogP contribution in [-0.2, 0) is 4.79 Å². The van der Waals surface area contributed by atoms with E-state index in [0.717, 1.165) is 5.69 Å². The number of rotatable bonds is 6. The highest BCUT2D eigenvalue weighted by Crippen LogP contribution is 2.22. The van der Waals surface area contributed by atoms with E-state index < -0.39 is 0 Å². The fraction of sp³-hybridized carbons (Fsp3) is 0.211. The molecule has 0 aliphatic heterocycles. The van der Waals surface area contributed by atoms with Gasteiger partial charge in [0.05, 0.1) is 12.9 Å². The van der Waals surface area contributed by atoms with E-state index in [0.29, 0.717) is 16.6 Å². The molecular formula is C19H20N4O2S. The molecule has 2 aromatic carbocycles. The van der Waals surface area contributed by atoms with Gasteiger partial charge in [-0.15, -0.1) is 10.2 Å². The Morgan fingerprint density at radius 1 is 1.19 bits per heavy atom. The zero-order chi connectivity index (χ0) is 18.5. The van der Waals surface area contributed by atoms with E-state index in [2.05, 4.69) is 41.5 Å². The number of aromatic nitrogens is 3. The van der Waals surface area contributed by atoms with E-state index in [4.69, 9.17) is 4.74 Å². The molecule has 0 bridgehead atoms. The van der Waals surface area contributed by atoms with E-state index in [-0.39, 0.29) is 11.7 Å². The molecule has 1 amide bonds. The molecule has 0 saturated carbocycles. The topological polar surface area (TPSA) is 69.0 Å². The van der Waals surface area contributed by atoms with Crippen molar-refractivity contribution in [2.24, 2.45) is 0 Å². The van der Waals surface area contributed by atoms with E-state index in [1.807, 2.05) is 28.8 Å². The van der Waals surface area contributed by atoms with Crippen LogP contribution in [0.4, 0.5) is 5.69 Å².